The summed E-state index contributed by atoms with van der Waals surface area (Å²) < 4.78 is 33.0. The Kier molecular flexibility index (Phi) is 6.12. The Morgan fingerprint density at radius 1 is 1.20 bits per heavy atom. The summed E-state index contributed by atoms with van der Waals surface area (Å²) in [6, 6.07) is 11.7. The standard InChI is InChI=1S/C21H24N4O4S/c1-14-9-10-15(13-17(14)24-30(4,27)28)21(26)23-19(20-22-11-12-25(20)2)16-7-5-6-8-18(16)29-3/h5-13,19,24H,1-4H3,(H,23,26). The third kappa shape index (κ3) is 4.80. The summed E-state index contributed by atoms with van der Waals surface area (Å²) in [5, 5.41) is 3.00. The van der Waals surface area contributed by atoms with E-state index in [-0.39, 0.29) is 5.91 Å². The third-order valence-electron chi connectivity index (χ3n) is 4.64. The zero-order valence-corrected chi connectivity index (χ0v) is 18.0. The van der Waals surface area contributed by atoms with Crippen LogP contribution in [0.5, 0.6) is 5.75 Å². The molecule has 1 aromatic heterocycles. The molecule has 158 valence electrons. The van der Waals surface area contributed by atoms with Crippen LogP contribution in [0.25, 0.3) is 0 Å². The molecule has 0 spiro atoms. The van der Waals surface area contributed by atoms with Gasteiger partial charge in [-0.25, -0.2) is 13.4 Å². The first kappa shape index (κ1) is 21.4. The molecule has 1 heterocycles. The molecule has 2 N–H and O–H groups in total. The zero-order chi connectivity index (χ0) is 21.9. The van der Waals surface area contributed by atoms with Gasteiger partial charge in [-0.2, -0.15) is 0 Å². The Hall–Kier alpha value is -3.33. The molecule has 2 aromatic carbocycles. The number of nitrogens with zero attached hydrogens (tertiary/aromatic N) is 2. The number of ether oxygens (including phenoxy) is 1. The molecule has 0 bridgehead atoms. The molecule has 8 nitrogen and oxygen atoms in total. The van der Waals surface area contributed by atoms with Gasteiger partial charge in [-0.15, -0.1) is 0 Å². The number of sulfonamides is 1. The fourth-order valence-corrected chi connectivity index (χ4v) is 3.75. The van der Waals surface area contributed by atoms with Crippen LogP contribution >= 0.6 is 0 Å². The summed E-state index contributed by atoms with van der Waals surface area (Å²) in [6.07, 6.45) is 4.52. The Morgan fingerprint density at radius 2 is 1.93 bits per heavy atom. The smallest absolute Gasteiger partial charge is 0.252 e. The van der Waals surface area contributed by atoms with Crippen LogP contribution < -0.4 is 14.8 Å². The van der Waals surface area contributed by atoms with E-state index in [1.54, 1.807) is 38.6 Å². The van der Waals surface area contributed by atoms with Gasteiger partial charge in [0.05, 0.1) is 19.1 Å². The summed E-state index contributed by atoms with van der Waals surface area (Å²) >= 11 is 0. The van der Waals surface area contributed by atoms with Crippen LogP contribution in [0.3, 0.4) is 0 Å². The average molecular weight is 429 g/mol. The number of carbonyl (C=O) groups excluding carboxylic acids is 1. The van der Waals surface area contributed by atoms with E-state index in [9.17, 15) is 13.2 Å². The van der Waals surface area contributed by atoms with Gasteiger partial charge in [-0.1, -0.05) is 24.3 Å². The molecule has 0 saturated heterocycles. The molecule has 1 unspecified atom stereocenters. The summed E-state index contributed by atoms with van der Waals surface area (Å²) in [5.41, 5.74) is 2.14. The first-order valence-corrected chi connectivity index (χ1v) is 11.1. The van der Waals surface area contributed by atoms with Crippen LogP contribution in [0, 0.1) is 6.92 Å². The van der Waals surface area contributed by atoms with Crippen molar-refractivity contribution in [3.63, 3.8) is 0 Å². The van der Waals surface area contributed by atoms with Crippen molar-refractivity contribution in [2.45, 2.75) is 13.0 Å². The highest BCUT2D eigenvalue weighted by atomic mass is 32.2. The Bertz CT molecular complexity index is 1170. The third-order valence-corrected chi connectivity index (χ3v) is 5.23. The van der Waals surface area contributed by atoms with Crippen LogP contribution in [-0.2, 0) is 17.1 Å². The van der Waals surface area contributed by atoms with Crippen molar-refractivity contribution in [2.24, 2.45) is 7.05 Å². The van der Waals surface area contributed by atoms with Crippen molar-refractivity contribution in [1.82, 2.24) is 14.9 Å². The predicted octanol–water partition coefficient (Wildman–Crippen LogP) is 2.63. The van der Waals surface area contributed by atoms with E-state index >= 15 is 0 Å². The number of nitrogens with one attached hydrogen (secondary N) is 2. The number of carbonyl (C=O) groups is 1. The monoisotopic (exact) mass is 428 g/mol. The molecule has 3 rings (SSSR count). The van der Waals surface area contributed by atoms with Gasteiger partial charge in [0, 0.05) is 30.6 Å². The molecule has 1 atom stereocenters. The quantitative estimate of drug-likeness (QED) is 0.602. The first-order valence-electron chi connectivity index (χ1n) is 9.19. The normalized spacial score (nSPS) is 12.3. The second kappa shape index (κ2) is 8.58. The molecule has 30 heavy (non-hydrogen) atoms. The maximum atomic E-state index is 13.1. The van der Waals surface area contributed by atoms with Gasteiger partial charge in [0.1, 0.15) is 17.6 Å². The number of hydrogen-bond acceptors (Lipinski definition) is 5. The lowest BCUT2D eigenvalue weighted by Crippen LogP contribution is -2.31. The number of amides is 1. The van der Waals surface area contributed by atoms with Gasteiger partial charge in [-0.05, 0) is 30.7 Å². The molecule has 0 aliphatic carbocycles. The average Bonchev–Trinajstić information content (AvgIpc) is 3.12. The van der Waals surface area contributed by atoms with Crippen LogP contribution in [-0.4, -0.2) is 37.2 Å². The van der Waals surface area contributed by atoms with Gasteiger partial charge in [0.15, 0.2) is 0 Å². The van der Waals surface area contributed by atoms with Crippen molar-refractivity contribution in [1.29, 1.82) is 0 Å². The van der Waals surface area contributed by atoms with Crippen molar-refractivity contribution in [2.75, 3.05) is 18.1 Å². The molecular weight excluding hydrogens is 404 g/mol. The number of anilines is 1. The number of benzene rings is 2. The first-order chi connectivity index (χ1) is 14.2. The van der Waals surface area contributed by atoms with E-state index in [2.05, 4.69) is 15.0 Å². The molecule has 0 saturated carbocycles. The number of aryl methyl sites for hydroxylation is 2. The fraction of sp³-hybridized carbons (Fsp3) is 0.238. The maximum Gasteiger partial charge on any atom is 0.252 e. The molecule has 0 radical (unpaired) electrons. The number of methoxy groups -OCH3 is 1. The number of imidazole rings is 1. The van der Waals surface area contributed by atoms with Crippen LogP contribution in [0.15, 0.2) is 54.9 Å². The maximum absolute atomic E-state index is 13.1. The van der Waals surface area contributed by atoms with Gasteiger partial charge in [0.2, 0.25) is 10.0 Å². The van der Waals surface area contributed by atoms with Gasteiger partial charge >= 0.3 is 0 Å². The molecule has 9 heteroatoms. The fourth-order valence-electron chi connectivity index (χ4n) is 3.13. The zero-order valence-electron chi connectivity index (χ0n) is 17.2. The number of aromatic nitrogens is 2. The molecule has 0 aliphatic rings. The minimum atomic E-state index is -3.47. The lowest BCUT2D eigenvalue weighted by atomic mass is 10.0. The Morgan fingerprint density at radius 3 is 2.57 bits per heavy atom. The lowest BCUT2D eigenvalue weighted by molar-refractivity contribution is 0.0941. The second-order valence-electron chi connectivity index (χ2n) is 6.95. The SMILES string of the molecule is COc1ccccc1C(NC(=O)c1ccc(C)c(NS(C)(=O)=O)c1)c1nccn1C. The van der Waals surface area contributed by atoms with E-state index in [0.717, 1.165) is 11.8 Å². The topological polar surface area (TPSA) is 102 Å². The summed E-state index contributed by atoms with van der Waals surface area (Å²) in [6.45, 7) is 1.76. The van der Waals surface area contributed by atoms with E-state index in [1.165, 1.54) is 6.07 Å². The Balaban J connectivity index is 1.99. The summed E-state index contributed by atoms with van der Waals surface area (Å²) in [4.78, 5) is 17.5. The Labute approximate surface area is 176 Å². The molecule has 3 aromatic rings. The van der Waals surface area contributed by atoms with Crippen molar-refractivity contribution in [3.05, 3.63) is 77.4 Å². The van der Waals surface area contributed by atoms with Crippen molar-refractivity contribution in [3.8, 4) is 5.75 Å². The molecule has 1 amide bonds. The van der Waals surface area contributed by atoms with E-state index in [4.69, 9.17) is 4.74 Å². The van der Waals surface area contributed by atoms with Crippen LogP contribution in [0.2, 0.25) is 0 Å². The van der Waals surface area contributed by atoms with Gasteiger partial charge < -0.3 is 14.6 Å². The summed E-state index contributed by atoms with van der Waals surface area (Å²) in [5.74, 6) is 0.883. The lowest BCUT2D eigenvalue weighted by Gasteiger charge is -2.21. The van der Waals surface area contributed by atoms with E-state index < -0.39 is 16.1 Å². The van der Waals surface area contributed by atoms with Gasteiger partial charge in [0.25, 0.3) is 5.91 Å². The predicted molar refractivity (Wildman–Crippen MR) is 115 cm³/mol. The minimum absolute atomic E-state index is 0.320. The van der Waals surface area contributed by atoms with Crippen molar-refractivity contribution >= 4 is 21.6 Å². The highest BCUT2D eigenvalue weighted by molar-refractivity contribution is 7.92. The van der Waals surface area contributed by atoms with E-state index in [1.807, 2.05) is 35.9 Å². The number of rotatable bonds is 7. The number of para-hydroxylation sites is 1. The van der Waals surface area contributed by atoms with Crippen molar-refractivity contribution < 1.29 is 17.9 Å². The highest BCUT2D eigenvalue weighted by Gasteiger charge is 2.24. The van der Waals surface area contributed by atoms with E-state index in [0.29, 0.717) is 28.4 Å². The van der Waals surface area contributed by atoms with Crippen LogP contribution in [0.1, 0.15) is 33.4 Å². The number of hydrogen-bond donors (Lipinski definition) is 2. The largest absolute Gasteiger partial charge is 0.496 e. The minimum Gasteiger partial charge on any atom is -0.496 e. The molecule has 0 aliphatic heterocycles. The molecular formula is C21H24N4O4S. The van der Waals surface area contributed by atoms with Crippen LogP contribution in [0.4, 0.5) is 5.69 Å². The second-order valence-corrected chi connectivity index (χ2v) is 8.70. The summed E-state index contributed by atoms with van der Waals surface area (Å²) in [7, 11) is -0.0570. The highest BCUT2D eigenvalue weighted by Crippen LogP contribution is 2.29. The van der Waals surface area contributed by atoms with Gasteiger partial charge in [-0.3, -0.25) is 9.52 Å². The molecule has 0 fully saturated rings.